The normalized spacial score (nSPS) is 14.6. The standard InChI is InChI=1S/C25H32N2O5S/c1-19-6-9-21(10-7-19)11-13-24(28)26-14-17-32-25(29)22-12-8-20(2)23(18-22)33(30,31)27-15-4-3-5-16-27/h6-10,12,18H,3-5,11,13-17H2,1-2H3,(H,26,28). The number of piperidine rings is 1. The Kier molecular flexibility index (Phi) is 8.63. The summed E-state index contributed by atoms with van der Waals surface area (Å²) >= 11 is 0. The van der Waals surface area contributed by atoms with Gasteiger partial charge in [-0.15, -0.1) is 0 Å². The molecule has 0 aliphatic carbocycles. The number of hydrogen-bond acceptors (Lipinski definition) is 5. The van der Waals surface area contributed by atoms with Crippen molar-refractivity contribution >= 4 is 21.9 Å². The van der Waals surface area contributed by atoms with Gasteiger partial charge in [-0.3, -0.25) is 4.79 Å². The number of aryl methyl sites for hydroxylation is 3. The zero-order valence-corrected chi connectivity index (χ0v) is 20.1. The van der Waals surface area contributed by atoms with Gasteiger partial charge in [-0.1, -0.05) is 42.3 Å². The van der Waals surface area contributed by atoms with Gasteiger partial charge in [0, 0.05) is 19.5 Å². The smallest absolute Gasteiger partial charge is 0.338 e. The topological polar surface area (TPSA) is 92.8 Å². The maximum absolute atomic E-state index is 13.0. The van der Waals surface area contributed by atoms with Crippen molar-refractivity contribution in [3.8, 4) is 0 Å². The molecule has 0 saturated carbocycles. The highest BCUT2D eigenvalue weighted by molar-refractivity contribution is 7.89. The summed E-state index contributed by atoms with van der Waals surface area (Å²) in [5.74, 6) is -0.726. The van der Waals surface area contributed by atoms with Crippen molar-refractivity contribution in [1.82, 2.24) is 9.62 Å². The number of sulfonamides is 1. The van der Waals surface area contributed by atoms with Crippen molar-refractivity contribution in [3.63, 3.8) is 0 Å². The first kappa shape index (κ1) is 24.9. The second kappa shape index (κ2) is 11.4. The quantitative estimate of drug-likeness (QED) is 0.446. The molecule has 2 aromatic carbocycles. The van der Waals surface area contributed by atoms with Gasteiger partial charge in [0.25, 0.3) is 0 Å². The van der Waals surface area contributed by atoms with Gasteiger partial charge in [0.2, 0.25) is 15.9 Å². The van der Waals surface area contributed by atoms with Crippen molar-refractivity contribution in [2.75, 3.05) is 26.2 Å². The molecule has 0 bridgehead atoms. The van der Waals surface area contributed by atoms with Crippen LogP contribution >= 0.6 is 0 Å². The number of nitrogens with one attached hydrogen (secondary N) is 1. The summed E-state index contributed by atoms with van der Waals surface area (Å²) < 4.78 is 32.8. The number of hydrogen-bond donors (Lipinski definition) is 1. The van der Waals surface area contributed by atoms with Crippen LogP contribution in [0.4, 0.5) is 0 Å². The predicted octanol–water partition coefficient (Wildman–Crippen LogP) is 3.38. The molecule has 1 fully saturated rings. The second-order valence-electron chi connectivity index (χ2n) is 8.42. The zero-order chi connectivity index (χ0) is 23.8. The summed E-state index contributed by atoms with van der Waals surface area (Å²) in [4.78, 5) is 24.6. The van der Waals surface area contributed by atoms with Crippen molar-refractivity contribution < 1.29 is 22.7 Å². The van der Waals surface area contributed by atoms with Crippen LogP contribution in [0.3, 0.4) is 0 Å². The molecule has 0 aromatic heterocycles. The van der Waals surface area contributed by atoms with E-state index in [1.807, 2.05) is 31.2 Å². The van der Waals surface area contributed by atoms with Crippen LogP contribution in [0.15, 0.2) is 47.4 Å². The fraction of sp³-hybridized carbons (Fsp3) is 0.440. The number of amides is 1. The predicted molar refractivity (Wildman–Crippen MR) is 127 cm³/mol. The summed E-state index contributed by atoms with van der Waals surface area (Å²) in [7, 11) is -3.65. The van der Waals surface area contributed by atoms with E-state index in [1.165, 1.54) is 15.9 Å². The first-order chi connectivity index (χ1) is 15.8. The molecule has 7 nitrogen and oxygen atoms in total. The molecule has 0 unspecified atom stereocenters. The third kappa shape index (κ3) is 6.88. The molecule has 1 saturated heterocycles. The van der Waals surface area contributed by atoms with Gasteiger partial charge in [-0.25, -0.2) is 13.2 Å². The third-order valence-electron chi connectivity index (χ3n) is 5.78. The Balaban J connectivity index is 1.48. The molecule has 1 aliphatic rings. The molecule has 8 heteroatoms. The van der Waals surface area contributed by atoms with E-state index < -0.39 is 16.0 Å². The summed E-state index contributed by atoms with van der Waals surface area (Å²) in [5, 5.41) is 2.74. The van der Waals surface area contributed by atoms with Crippen LogP contribution in [0, 0.1) is 13.8 Å². The molecular weight excluding hydrogens is 440 g/mol. The van der Waals surface area contributed by atoms with Crippen molar-refractivity contribution in [2.24, 2.45) is 0 Å². The fourth-order valence-electron chi connectivity index (χ4n) is 3.77. The molecule has 1 amide bonds. The van der Waals surface area contributed by atoms with Crippen LogP contribution in [-0.4, -0.2) is 50.8 Å². The average Bonchev–Trinajstić information content (AvgIpc) is 2.82. The van der Waals surface area contributed by atoms with Crippen LogP contribution < -0.4 is 5.32 Å². The minimum Gasteiger partial charge on any atom is -0.460 e. The zero-order valence-electron chi connectivity index (χ0n) is 19.3. The van der Waals surface area contributed by atoms with Gasteiger partial charge in [0.05, 0.1) is 17.0 Å². The summed E-state index contributed by atoms with van der Waals surface area (Å²) in [6.45, 7) is 4.95. The molecule has 0 atom stereocenters. The van der Waals surface area contributed by atoms with E-state index in [0.29, 0.717) is 31.5 Å². The lowest BCUT2D eigenvalue weighted by Crippen LogP contribution is -2.36. The van der Waals surface area contributed by atoms with Crippen LogP contribution in [0.5, 0.6) is 0 Å². The molecule has 0 radical (unpaired) electrons. The summed E-state index contributed by atoms with van der Waals surface area (Å²) in [6.07, 6.45) is 3.71. The van der Waals surface area contributed by atoms with E-state index in [1.54, 1.807) is 19.1 Å². The lowest BCUT2D eigenvalue weighted by Gasteiger charge is -2.26. The van der Waals surface area contributed by atoms with E-state index in [4.69, 9.17) is 4.74 Å². The molecule has 0 spiro atoms. The number of carbonyl (C=O) groups excluding carboxylic acids is 2. The van der Waals surface area contributed by atoms with Gasteiger partial charge >= 0.3 is 5.97 Å². The van der Waals surface area contributed by atoms with Crippen LogP contribution in [0.1, 0.15) is 52.7 Å². The minimum absolute atomic E-state index is 0.0111. The maximum atomic E-state index is 13.0. The number of ether oxygens (including phenoxy) is 1. The Morgan fingerprint density at radius 3 is 2.39 bits per heavy atom. The highest BCUT2D eigenvalue weighted by atomic mass is 32.2. The van der Waals surface area contributed by atoms with E-state index in [-0.39, 0.29) is 29.5 Å². The van der Waals surface area contributed by atoms with Gasteiger partial charge in [0.15, 0.2) is 0 Å². The number of esters is 1. The number of benzene rings is 2. The van der Waals surface area contributed by atoms with Crippen LogP contribution in [0.2, 0.25) is 0 Å². The van der Waals surface area contributed by atoms with Gasteiger partial charge in [-0.2, -0.15) is 4.31 Å². The highest BCUT2D eigenvalue weighted by Crippen LogP contribution is 2.24. The van der Waals surface area contributed by atoms with E-state index in [9.17, 15) is 18.0 Å². The fourth-order valence-corrected chi connectivity index (χ4v) is 5.54. The minimum atomic E-state index is -3.65. The molecule has 33 heavy (non-hydrogen) atoms. The monoisotopic (exact) mass is 472 g/mol. The third-order valence-corrected chi connectivity index (χ3v) is 7.82. The lowest BCUT2D eigenvalue weighted by atomic mass is 10.1. The first-order valence-electron chi connectivity index (χ1n) is 11.4. The highest BCUT2D eigenvalue weighted by Gasteiger charge is 2.28. The Bertz CT molecular complexity index is 1070. The molecule has 1 N–H and O–H groups in total. The molecule has 1 heterocycles. The molecule has 178 valence electrons. The molecule has 2 aromatic rings. The van der Waals surface area contributed by atoms with Gasteiger partial charge in [0.1, 0.15) is 6.61 Å². The first-order valence-corrected chi connectivity index (χ1v) is 12.8. The maximum Gasteiger partial charge on any atom is 0.338 e. The summed E-state index contributed by atoms with van der Waals surface area (Å²) in [5.41, 5.74) is 3.05. The molecule has 3 rings (SSSR count). The summed E-state index contributed by atoms with van der Waals surface area (Å²) in [6, 6.07) is 12.6. The van der Waals surface area contributed by atoms with Crippen molar-refractivity contribution in [1.29, 1.82) is 0 Å². The lowest BCUT2D eigenvalue weighted by molar-refractivity contribution is -0.121. The Labute approximate surface area is 196 Å². The SMILES string of the molecule is Cc1ccc(CCC(=O)NCCOC(=O)c2ccc(C)c(S(=O)(=O)N3CCCCC3)c2)cc1. The molecule has 1 aliphatic heterocycles. The Morgan fingerprint density at radius 2 is 1.70 bits per heavy atom. The van der Waals surface area contributed by atoms with E-state index in [2.05, 4.69) is 5.32 Å². The van der Waals surface area contributed by atoms with E-state index >= 15 is 0 Å². The van der Waals surface area contributed by atoms with Crippen LogP contribution in [-0.2, 0) is 26.0 Å². The number of rotatable bonds is 9. The van der Waals surface area contributed by atoms with Gasteiger partial charge < -0.3 is 10.1 Å². The van der Waals surface area contributed by atoms with E-state index in [0.717, 1.165) is 24.8 Å². The van der Waals surface area contributed by atoms with Crippen molar-refractivity contribution in [3.05, 3.63) is 64.7 Å². The largest absolute Gasteiger partial charge is 0.460 e. The second-order valence-corrected chi connectivity index (χ2v) is 10.3. The van der Waals surface area contributed by atoms with Gasteiger partial charge in [-0.05, 0) is 56.4 Å². The van der Waals surface area contributed by atoms with Crippen molar-refractivity contribution in [2.45, 2.75) is 50.8 Å². The molecular formula is C25H32N2O5S. The Hall–Kier alpha value is -2.71. The Morgan fingerprint density at radius 1 is 1.00 bits per heavy atom. The number of carbonyl (C=O) groups is 2. The van der Waals surface area contributed by atoms with Crippen LogP contribution in [0.25, 0.3) is 0 Å². The number of nitrogens with zero attached hydrogens (tertiary/aromatic N) is 1. The average molecular weight is 473 g/mol.